The van der Waals surface area contributed by atoms with Gasteiger partial charge >= 0.3 is 18.0 Å². The standard InChI is InChI=1S/C7H9F7N2S.C7H8O3S/c8-5(9,2-1-3-17-4(15)16)6(10,11)7(12,13)14;1-6-2-4-7(5-3-6)11(8,9)10/h1-3H2,(H3,15,16);2-5H,1H3,(H,8,9,10). The number of rotatable bonds is 6. The fraction of sp³-hybridized carbons (Fsp3) is 0.500. The first kappa shape index (κ1) is 26.5. The maximum absolute atomic E-state index is 12.7. The number of halogens is 7. The zero-order valence-electron chi connectivity index (χ0n) is 14.2. The molecule has 0 aliphatic heterocycles. The van der Waals surface area contributed by atoms with E-state index in [2.05, 4.69) is 0 Å². The number of thioether (sulfide) groups is 1. The van der Waals surface area contributed by atoms with E-state index < -0.39 is 46.1 Å². The Morgan fingerprint density at radius 1 is 1.11 bits per heavy atom. The van der Waals surface area contributed by atoms with Crippen LogP contribution in [0.15, 0.2) is 29.2 Å². The zero-order chi connectivity index (χ0) is 22.4. The quantitative estimate of drug-likeness (QED) is 0.192. The summed E-state index contributed by atoms with van der Waals surface area (Å²) in [5, 5.41) is 6.26. The van der Waals surface area contributed by atoms with Gasteiger partial charge in [-0.25, -0.2) is 0 Å². The molecule has 0 heterocycles. The third kappa shape index (κ3) is 8.22. The fourth-order valence-electron chi connectivity index (χ4n) is 1.55. The van der Waals surface area contributed by atoms with Crippen molar-refractivity contribution < 1.29 is 43.7 Å². The van der Waals surface area contributed by atoms with E-state index in [-0.39, 0.29) is 10.6 Å². The molecule has 0 saturated carbocycles. The van der Waals surface area contributed by atoms with Gasteiger partial charge in [-0.05, 0) is 25.5 Å². The molecular formula is C14H17F7N2O3S2. The summed E-state index contributed by atoms with van der Waals surface area (Å²) in [6, 6.07) is 5.99. The molecule has 0 amide bonds. The van der Waals surface area contributed by atoms with E-state index in [9.17, 15) is 39.2 Å². The van der Waals surface area contributed by atoms with Gasteiger partial charge in [-0.3, -0.25) is 9.96 Å². The molecule has 14 heteroatoms. The SMILES string of the molecule is Cc1ccc(S(=O)(=O)O)cc1.N=C(N)SCCCC(F)(F)C(F)(F)C(F)(F)F. The number of alkyl halides is 7. The molecule has 0 aromatic heterocycles. The highest BCUT2D eigenvalue weighted by Crippen LogP contribution is 2.48. The van der Waals surface area contributed by atoms with Gasteiger partial charge < -0.3 is 5.73 Å². The van der Waals surface area contributed by atoms with Gasteiger partial charge in [0.05, 0.1) is 4.90 Å². The summed E-state index contributed by atoms with van der Waals surface area (Å²) in [5.41, 5.74) is 5.78. The molecule has 0 unspecified atom stereocenters. The average Bonchev–Trinajstić information content (AvgIpc) is 2.50. The van der Waals surface area contributed by atoms with Crippen molar-refractivity contribution in [1.82, 2.24) is 0 Å². The van der Waals surface area contributed by atoms with Crippen LogP contribution in [0.5, 0.6) is 0 Å². The van der Waals surface area contributed by atoms with Crippen molar-refractivity contribution in [2.75, 3.05) is 5.75 Å². The van der Waals surface area contributed by atoms with Gasteiger partial charge in [0.1, 0.15) is 0 Å². The summed E-state index contributed by atoms with van der Waals surface area (Å²) in [4.78, 5) is -0.0666. The minimum absolute atomic E-state index is 0.0666. The molecule has 0 fully saturated rings. The van der Waals surface area contributed by atoms with Crippen LogP contribution in [0.4, 0.5) is 30.7 Å². The van der Waals surface area contributed by atoms with Gasteiger partial charge in [0.15, 0.2) is 5.17 Å². The normalized spacial score (nSPS) is 12.9. The Balaban J connectivity index is 0.000000567. The van der Waals surface area contributed by atoms with E-state index in [4.69, 9.17) is 15.7 Å². The van der Waals surface area contributed by atoms with Crippen molar-refractivity contribution in [2.24, 2.45) is 5.73 Å². The lowest BCUT2D eigenvalue weighted by molar-refractivity contribution is -0.355. The first-order chi connectivity index (χ1) is 12.4. The summed E-state index contributed by atoms with van der Waals surface area (Å²) in [6.45, 7) is 1.84. The van der Waals surface area contributed by atoms with Crippen LogP contribution in [0.1, 0.15) is 18.4 Å². The molecule has 0 atom stereocenters. The number of aryl methyl sites for hydroxylation is 1. The largest absolute Gasteiger partial charge is 0.459 e. The predicted molar refractivity (Wildman–Crippen MR) is 90.5 cm³/mol. The summed E-state index contributed by atoms with van der Waals surface area (Å²) >= 11 is 0.592. The van der Waals surface area contributed by atoms with Gasteiger partial charge in [-0.15, -0.1) is 0 Å². The Morgan fingerprint density at radius 3 is 1.93 bits per heavy atom. The van der Waals surface area contributed by atoms with Gasteiger partial charge in [-0.1, -0.05) is 29.5 Å². The molecule has 1 aromatic carbocycles. The molecule has 1 aromatic rings. The van der Waals surface area contributed by atoms with Gasteiger partial charge in [0.25, 0.3) is 10.1 Å². The molecule has 162 valence electrons. The summed E-state index contributed by atoms with van der Waals surface area (Å²) in [6.07, 6.45) is -8.52. The van der Waals surface area contributed by atoms with Gasteiger partial charge in [0.2, 0.25) is 0 Å². The molecule has 0 aliphatic rings. The van der Waals surface area contributed by atoms with Crippen LogP contribution >= 0.6 is 11.8 Å². The van der Waals surface area contributed by atoms with Crippen LogP contribution in [-0.4, -0.2) is 41.9 Å². The van der Waals surface area contributed by atoms with Crippen LogP contribution in [0, 0.1) is 12.3 Å². The monoisotopic (exact) mass is 458 g/mol. The maximum atomic E-state index is 12.7. The highest BCUT2D eigenvalue weighted by molar-refractivity contribution is 8.13. The first-order valence-electron chi connectivity index (χ1n) is 7.25. The second-order valence-corrected chi connectivity index (χ2v) is 7.94. The predicted octanol–water partition coefficient (Wildman–Crippen LogP) is 4.47. The van der Waals surface area contributed by atoms with Gasteiger partial charge in [0, 0.05) is 12.2 Å². The van der Waals surface area contributed by atoms with Crippen molar-refractivity contribution in [3.8, 4) is 0 Å². The van der Waals surface area contributed by atoms with Crippen molar-refractivity contribution in [2.45, 2.75) is 42.7 Å². The van der Waals surface area contributed by atoms with E-state index in [1.807, 2.05) is 6.92 Å². The third-order valence-electron chi connectivity index (χ3n) is 3.03. The lowest BCUT2D eigenvalue weighted by Gasteiger charge is -2.28. The molecule has 4 N–H and O–H groups in total. The molecule has 5 nitrogen and oxygen atoms in total. The van der Waals surface area contributed by atoms with Crippen molar-refractivity contribution in [3.05, 3.63) is 29.8 Å². The fourth-order valence-corrected chi connectivity index (χ4v) is 2.54. The molecule has 0 aliphatic carbocycles. The molecular weight excluding hydrogens is 441 g/mol. The summed E-state index contributed by atoms with van der Waals surface area (Å²) in [7, 11) is -4.02. The number of amidine groups is 1. The Hall–Kier alpha value is -1.54. The lowest BCUT2D eigenvalue weighted by atomic mass is 10.1. The van der Waals surface area contributed by atoms with Crippen molar-refractivity contribution in [1.29, 1.82) is 5.41 Å². The van der Waals surface area contributed by atoms with Crippen LogP contribution in [0.3, 0.4) is 0 Å². The van der Waals surface area contributed by atoms with Crippen molar-refractivity contribution >= 4 is 27.0 Å². The first-order valence-corrected chi connectivity index (χ1v) is 9.67. The Morgan fingerprint density at radius 2 is 1.57 bits per heavy atom. The molecule has 0 spiro atoms. The topological polar surface area (TPSA) is 104 Å². The number of benzene rings is 1. The zero-order valence-corrected chi connectivity index (χ0v) is 15.9. The second kappa shape index (κ2) is 9.78. The van der Waals surface area contributed by atoms with Crippen molar-refractivity contribution in [3.63, 3.8) is 0 Å². The van der Waals surface area contributed by atoms with Crippen LogP contribution in [-0.2, 0) is 10.1 Å². The van der Waals surface area contributed by atoms with E-state index in [1.54, 1.807) is 12.1 Å². The van der Waals surface area contributed by atoms with Gasteiger partial charge in [-0.2, -0.15) is 39.2 Å². The third-order valence-corrected chi connectivity index (χ3v) is 4.70. The average molecular weight is 458 g/mol. The second-order valence-electron chi connectivity index (χ2n) is 5.38. The Labute approximate surface area is 160 Å². The van der Waals surface area contributed by atoms with Crippen LogP contribution in [0.25, 0.3) is 0 Å². The number of nitrogens with two attached hydrogens (primary N) is 1. The molecule has 0 saturated heterocycles. The number of nitrogens with one attached hydrogen (secondary N) is 1. The van der Waals surface area contributed by atoms with E-state index in [1.165, 1.54) is 12.1 Å². The highest BCUT2D eigenvalue weighted by atomic mass is 32.2. The molecule has 1 rings (SSSR count). The Bertz CT molecular complexity index is 751. The minimum Gasteiger partial charge on any atom is -0.379 e. The molecule has 28 heavy (non-hydrogen) atoms. The molecule has 0 bridgehead atoms. The summed E-state index contributed by atoms with van der Waals surface area (Å²) in [5.74, 6) is -11.4. The number of hydrogen-bond donors (Lipinski definition) is 3. The van der Waals surface area contributed by atoms with Crippen LogP contribution < -0.4 is 5.73 Å². The minimum atomic E-state index is -6.29. The van der Waals surface area contributed by atoms with E-state index in [0.717, 1.165) is 5.56 Å². The highest BCUT2D eigenvalue weighted by Gasteiger charge is 2.72. The molecule has 0 radical (unpaired) electrons. The lowest BCUT2D eigenvalue weighted by Crippen LogP contribution is -2.51. The van der Waals surface area contributed by atoms with Crippen LogP contribution in [0.2, 0.25) is 0 Å². The van der Waals surface area contributed by atoms with E-state index in [0.29, 0.717) is 11.8 Å². The van der Waals surface area contributed by atoms with E-state index >= 15 is 0 Å². The smallest absolute Gasteiger partial charge is 0.379 e. The summed E-state index contributed by atoms with van der Waals surface area (Å²) < 4.78 is 115. The maximum Gasteiger partial charge on any atom is 0.459 e. The Kier molecular flexibility index (Phi) is 9.24. The number of hydrogen-bond acceptors (Lipinski definition) is 4.